The lowest BCUT2D eigenvalue weighted by Crippen LogP contribution is -2.22. The van der Waals surface area contributed by atoms with Crippen molar-refractivity contribution >= 4 is 17.6 Å². The van der Waals surface area contributed by atoms with Gasteiger partial charge in [0.15, 0.2) is 0 Å². The van der Waals surface area contributed by atoms with E-state index in [0.717, 1.165) is 5.69 Å². The van der Waals surface area contributed by atoms with E-state index in [0.29, 0.717) is 0 Å². The highest BCUT2D eigenvalue weighted by Gasteiger charge is 2.17. The third-order valence-corrected chi connectivity index (χ3v) is 1.53. The molecule has 1 fully saturated rings. The van der Waals surface area contributed by atoms with Gasteiger partial charge >= 0.3 is 11.9 Å². The molecule has 80 valence electrons. The van der Waals surface area contributed by atoms with Crippen molar-refractivity contribution in [2.24, 2.45) is 0 Å². The fraction of sp³-hybridized carbons (Fsp3) is 0.200. The molecule has 1 aliphatic rings. The van der Waals surface area contributed by atoms with Crippen LogP contribution in [0, 0.1) is 0 Å². The Morgan fingerprint density at radius 1 is 1.00 bits per heavy atom. The molecule has 0 aromatic heterocycles. The minimum absolute atomic E-state index is 0.225. The molecule has 1 aromatic rings. The zero-order valence-corrected chi connectivity index (χ0v) is 8.01. The van der Waals surface area contributed by atoms with E-state index in [9.17, 15) is 9.59 Å². The van der Waals surface area contributed by atoms with Gasteiger partial charge in [-0.1, -0.05) is 18.2 Å². The van der Waals surface area contributed by atoms with E-state index in [1.54, 1.807) is 0 Å². The van der Waals surface area contributed by atoms with Gasteiger partial charge < -0.3 is 15.2 Å². The molecule has 0 amide bonds. The second-order valence-corrected chi connectivity index (χ2v) is 2.74. The first-order valence-corrected chi connectivity index (χ1v) is 4.30. The van der Waals surface area contributed by atoms with Crippen molar-refractivity contribution < 1.29 is 19.1 Å². The van der Waals surface area contributed by atoms with E-state index in [1.165, 1.54) is 0 Å². The van der Waals surface area contributed by atoms with Crippen molar-refractivity contribution in [2.75, 3.05) is 12.5 Å². The van der Waals surface area contributed by atoms with Gasteiger partial charge in [0.1, 0.15) is 6.42 Å². The standard InChI is InChI=1S/C6H7N.C4H4O4/c7-6-4-2-1-3-5-6;5-3-1-4(6)8-2-7-3/h1-5H,7H2;1-2H2. The smallest absolute Gasteiger partial charge is 0.320 e. The third-order valence-electron chi connectivity index (χ3n) is 1.53. The summed E-state index contributed by atoms with van der Waals surface area (Å²) < 4.78 is 8.53. The van der Waals surface area contributed by atoms with Gasteiger partial charge in [0, 0.05) is 5.69 Å². The molecule has 2 N–H and O–H groups in total. The van der Waals surface area contributed by atoms with Crippen LogP contribution in [0.2, 0.25) is 0 Å². The van der Waals surface area contributed by atoms with E-state index in [-0.39, 0.29) is 13.2 Å². The predicted octanol–water partition coefficient (Wildman–Crippen LogP) is 0.703. The summed E-state index contributed by atoms with van der Waals surface area (Å²) in [7, 11) is 0. The minimum Gasteiger partial charge on any atom is -0.427 e. The molecule has 1 aliphatic heterocycles. The summed E-state index contributed by atoms with van der Waals surface area (Å²) in [6.45, 7) is -0.225. The molecule has 5 nitrogen and oxygen atoms in total. The van der Waals surface area contributed by atoms with Gasteiger partial charge in [-0.3, -0.25) is 9.59 Å². The second kappa shape index (κ2) is 5.64. The molecule has 2 rings (SSSR count). The Kier molecular flexibility index (Phi) is 4.15. The van der Waals surface area contributed by atoms with Gasteiger partial charge in [-0.2, -0.15) is 0 Å². The normalized spacial score (nSPS) is 14.4. The molecule has 0 radical (unpaired) electrons. The molecule has 0 bridgehead atoms. The van der Waals surface area contributed by atoms with Crippen LogP contribution in [0.15, 0.2) is 30.3 Å². The number of hydrogen-bond acceptors (Lipinski definition) is 5. The van der Waals surface area contributed by atoms with Gasteiger partial charge in [0.2, 0.25) is 6.79 Å². The van der Waals surface area contributed by atoms with Crippen LogP contribution in [-0.2, 0) is 19.1 Å². The Hall–Kier alpha value is -2.04. The van der Waals surface area contributed by atoms with Crippen LogP contribution in [0.5, 0.6) is 0 Å². The molecule has 15 heavy (non-hydrogen) atoms. The number of nitrogen functional groups attached to an aromatic ring is 1. The number of anilines is 1. The maximum absolute atomic E-state index is 10.2. The van der Waals surface area contributed by atoms with E-state index >= 15 is 0 Å². The quantitative estimate of drug-likeness (QED) is 0.386. The molecule has 1 heterocycles. The number of ether oxygens (including phenoxy) is 2. The largest absolute Gasteiger partial charge is 0.427 e. The van der Waals surface area contributed by atoms with Crippen LogP contribution in [0.3, 0.4) is 0 Å². The first-order valence-electron chi connectivity index (χ1n) is 4.30. The van der Waals surface area contributed by atoms with Crippen molar-refractivity contribution in [1.29, 1.82) is 0 Å². The SMILES string of the molecule is Nc1ccccc1.O=C1CC(=O)OCO1. The van der Waals surface area contributed by atoms with Crippen molar-refractivity contribution in [3.05, 3.63) is 30.3 Å². The molecule has 1 saturated heterocycles. The summed E-state index contributed by atoms with van der Waals surface area (Å²) in [6.07, 6.45) is -0.250. The minimum atomic E-state index is -0.513. The summed E-state index contributed by atoms with van der Waals surface area (Å²) in [5.41, 5.74) is 6.18. The van der Waals surface area contributed by atoms with Crippen molar-refractivity contribution in [3.63, 3.8) is 0 Å². The summed E-state index contributed by atoms with van der Waals surface area (Å²) in [6, 6.07) is 9.49. The average Bonchev–Trinajstić information content (AvgIpc) is 2.19. The lowest BCUT2D eigenvalue weighted by atomic mass is 10.3. The second-order valence-electron chi connectivity index (χ2n) is 2.74. The number of para-hydroxylation sites is 1. The molecule has 5 heteroatoms. The average molecular weight is 209 g/mol. The van der Waals surface area contributed by atoms with E-state index in [4.69, 9.17) is 5.73 Å². The zero-order chi connectivity index (χ0) is 11.1. The summed E-state index contributed by atoms with van der Waals surface area (Å²) in [4.78, 5) is 20.3. The monoisotopic (exact) mass is 209 g/mol. The van der Waals surface area contributed by atoms with Gasteiger partial charge in [-0.15, -0.1) is 0 Å². The lowest BCUT2D eigenvalue weighted by molar-refractivity contribution is -0.181. The van der Waals surface area contributed by atoms with Crippen molar-refractivity contribution in [2.45, 2.75) is 6.42 Å². The molecule has 0 aliphatic carbocycles. The summed E-state index contributed by atoms with van der Waals surface area (Å²) in [5, 5.41) is 0. The van der Waals surface area contributed by atoms with Crippen LogP contribution in [-0.4, -0.2) is 18.7 Å². The van der Waals surface area contributed by atoms with Crippen LogP contribution in [0.25, 0.3) is 0 Å². The number of cyclic esters (lactones) is 2. The highest BCUT2D eigenvalue weighted by atomic mass is 16.7. The zero-order valence-electron chi connectivity index (χ0n) is 8.01. The van der Waals surface area contributed by atoms with E-state index < -0.39 is 11.9 Å². The van der Waals surface area contributed by atoms with Crippen LogP contribution < -0.4 is 5.73 Å². The van der Waals surface area contributed by atoms with Gasteiger partial charge in [-0.25, -0.2) is 0 Å². The number of benzene rings is 1. The van der Waals surface area contributed by atoms with Gasteiger partial charge in [0.05, 0.1) is 0 Å². The third kappa shape index (κ3) is 4.66. The molecule has 0 unspecified atom stereocenters. The number of rotatable bonds is 0. The first-order chi connectivity index (χ1) is 7.18. The van der Waals surface area contributed by atoms with Crippen molar-refractivity contribution in [3.8, 4) is 0 Å². The Labute approximate surface area is 86.8 Å². The van der Waals surface area contributed by atoms with Crippen molar-refractivity contribution in [1.82, 2.24) is 0 Å². The number of hydrogen-bond donors (Lipinski definition) is 1. The van der Waals surface area contributed by atoms with E-state index in [1.807, 2.05) is 30.3 Å². The topological polar surface area (TPSA) is 78.6 Å². The lowest BCUT2D eigenvalue weighted by Gasteiger charge is -2.09. The number of carbonyl (C=O) groups is 2. The van der Waals surface area contributed by atoms with Crippen LogP contribution in [0.1, 0.15) is 6.42 Å². The highest BCUT2D eigenvalue weighted by molar-refractivity contribution is 5.92. The number of esters is 2. The van der Waals surface area contributed by atoms with Gasteiger partial charge in [0.25, 0.3) is 0 Å². The Bertz CT molecular complexity index is 323. The molecular formula is C10H11NO4. The Morgan fingerprint density at radius 2 is 1.53 bits per heavy atom. The molecule has 0 atom stereocenters. The number of carbonyl (C=O) groups excluding carboxylic acids is 2. The summed E-state index contributed by atoms with van der Waals surface area (Å²) >= 11 is 0. The highest BCUT2D eigenvalue weighted by Crippen LogP contribution is 1.97. The Balaban J connectivity index is 0.000000151. The molecule has 0 saturated carbocycles. The molecular weight excluding hydrogens is 198 g/mol. The molecule has 0 spiro atoms. The maximum atomic E-state index is 10.2. The van der Waals surface area contributed by atoms with Crippen LogP contribution in [0.4, 0.5) is 5.69 Å². The fourth-order valence-electron chi connectivity index (χ4n) is 0.834. The predicted molar refractivity (Wildman–Crippen MR) is 52.5 cm³/mol. The van der Waals surface area contributed by atoms with E-state index in [2.05, 4.69) is 9.47 Å². The summed E-state index contributed by atoms with van der Waals surface area (Å²) in [5.74, 6) is -1.03. The first kappa shape index (κ1) is 11.0. The van der Waals surface area contributed by atoms with Crippen LogP contribution >= 0.6 is 0 Å². The fourth-order valence-corrected chi connectivity index (χ4v) is 0.834. The maximum Gasteiger partial charge on any atom is 0.320 e. The molecule has 1 aromatic carbocycles. The van der Waals surface area contributed by atoms with Gasteiger partial charge in [-0.05, 0) is 12.1 Å². The number of nitrogens with two attached hydrogens (primary N) is 1. The Morgan fingerprint density at radius 3 is 1.80 bits per heavy atom.